The van der Waals surface area contributed by atoms with E-state index in [0.29, 0.717) is 12.5 Å². The maximum absolute atomic E-state index is 12.3. The van der Waals surface area contributed by atoms with E-state index in [1.165, 1.54) is 32.1 Å². The number of rotatable bonds is 6. The summed E-state index contributed by atoms with van der Waals surface area (Å²) in [5.41, 5.74) is 0.816. The van der Waals surface area contributed by atoms with E-state index < -0.39 is 0 Å². The van der Waals surface area contributed by atoms with E-state index in [1.807, 2.05) is 24.3 Å². The van der Waals surface area contributed by atoms with Gasteiger partial charge in [0, 0.05) is 29.0 Å². The van der Waals surface area contributed by atoms with Crippen LogP contribution in [0.25, 0.3) is 0 Å². The van der Waals surface area contributed by atoms with Crippen LogP contribution in [0.2, 0.25) is 0 Å². The van der Waals surface area contributed by atoms with Gasteiger partial charge in [-0.1, -0.05) is 53.9 Å². The molecule has 0 aliphatic carbocycles. The number of carbonyl (C=O) groups is 1. The summed E-state index contributed by atoms with van der Waals surface area (Å²) in [7, 11) is 0. The summed E-state index contributed by atoms with van der Waals surface area (Å²) in [4.78, 5) is 14.8. The second-order valence-corrected chi connectivity index (χ2v) is 6.48. The average Bonchev–Trinajstić information content (AvgIpc) is 2.47. The zero-order valence-electron chi connectivity index (χ0n) is 12.3. The minimum atomic E-state index is 0.248. The molecule has 0 aromatic heterocycles. The molecule has 0 bridgehead atoms. The van der Waals surface area contributed by atoms with Crippen LogP contribution in [0.4, 0.5) is 0 Å². The molecule has 0 radical (unpaired) electrons. The van der Waals surface area contributed by atoms with Crippen LogP contribution in [0, 0.1) is 0 Å². The van der Waals surface area contributed by atoms with Gasteiger partial charge in [0.2, 0.25) is 0 Å². The first kappa shape index (κ1) is 15.7. The number of Topliss-reactive ketones (excluding diaryl/α,β-unsaturated/α-hetero) is 1. The summed E-state index contributed by atoms with van der Waals surface area (Å²) < 4.78 is 0.911. The number of nitrogens with zero attached hydrogens (tertiary/aromatic N) is 1. The molecule has 1 aliphatic rings. The molecule has 20 heavy (non-hydrogen) atoms. The van der Waals surface area contributed by atoms with Gasteiger partial charge in [-0.25, -0.2) is 0 Å². The molecular weight excluding hydrogens is 314 g/mol. The van der Waals surface area contributed by atoms with E-state index >= 15 is 0 Å². The Labute approximate surface area is 130 Å². The van der Waals surface area contributed by atoms with Gasteiger partial charge < -0.3 is 0 Å². The molecule has 2 rings (SSSR count). The van der Waals surface area contributed by atoms with Crippen molar-refractivity contribution in [3.8, 4) is 0 Å². The predicted molar refractivity (Wildman–Crippen MR) is 87.2 cm³/mol. The van der Waals surface area contributed by atoms with Gasteiger partial charge in [0.05, 0.1) is 0 Å². The molecule has 1 atom stereocenters. The molecule has 110 valence electrons. The second kappa shape index (κ2) is 7.94. The van der Waals surface area contributed by atoms with Crippen molar-refractivity contribution in [2.45, 2.75) is 51.5 Å². The highest BCUT2D eigenvalue weighted by molar-refractivity contribution is 9.10. The van der Waals surface area contributed by atoms with Crippen LogP contribution in [0.1, 0.15) is 55.8 Å². The van der Waals surface area contributed by atoms with Gasteiger partial charge in [0.1, 0.15) is 0 Å². The molecule has 1 unspecified atom stereocenters. The van der Waals surface area contributed by atoms with Crippen LogP contribution in [0.5, 0.6) is 0 Å². The first-order chi connectivity index (χ1) is 9.72. The maximum Gasteiger partial charge on any atom is 0.165 e. The van der Waals surface area contributed by atoms with E-state index in [1.54, 1.807) is 0 Å². The third-order valence-corrected chi connectivity index (χ3v) is 4.86. The highest BCUT2D eigenvalue weighted by atomic mass is 79.9. The topological polar surface area (TPSA) is 20.3 Å². The Balaban J connectivity index is 1.90. The van der Waals surface area contributed by atoms with E-state index in [2.05, 4.69) is 27.8 Å². The number of hydrogen-bond acceptors (Lipinski definition) is 2. The monoisotopic (exact) mass is 337 g/mol. The lowest BCUT2D eigenvalue weighted by molar-refractivity contribution is 0.0918. The molecular formula is C17H24BrNO. The Kier molecular flexibility index (Phi) is 6.24. The number of ketones is 1. The first-order valence-electron chi connectivity index (χ1n) is 7.74. The average molecular weight is 338 g/mol. The maximum atomic E-state index is 12.3. The minimum Gasteiger partial charge on any atom is -0.300 e. The van der Waals surface area contributed by atoms with E-state index in [-0.39, 0.29) is 5.78 Å². The van der Waals surface area contributed by atoms with Gasteiger partial charge in [-0.05, 0) is 31.9 Å². The molecule has 1 aliphatic heterocycles. The fraction of sp³-hybridized carbons (Fsp3) is 0.588. The standard InChI is InChI=1S/C17H24BrNO/c1-2-7-14-8-5-6-12-19(14)13-11-17(20)15-9-3-4-10-16(15)18/h3-4,9-10,14H,2,5-8,11-13H2,1H3. The SMILES string of the molecule is CCCC1CCCCN1CCC(=O)c1ccccc1Br. The van der Waals surface area contributed by atoms with Gasteiger partial charge in [-0.2, -0.15) is 0 Å². The van der Waals surface area contributed by atoms with Crippen molar-refractivity contribution >= 4 is 21.7 Å². The highest BCUT2D eigenvalue weighted by Gasteiger charge is 2.22. The number of benzene rings is 1. The van der Waals surface area contributed by atoms with Crippen molar-refractivity contribution in [2.75, 3.05) is 13.1 Å². The van der Waals surface area contributed by atoms with Crippen molar-refractivity contribution in [2.24, 2.45) is 0 Å². The van der Waals surface area contributed by atoms with Crippen LogP contribution >= 0.6 is 15.9 Å². The molecule has 1 saturated heterocycles. The zero-order chi connectivity index (χ0) is 14.4. The molecule has 2 nitrogen and oxygen atoms in total. The fourth-order valence-electron chi connectivity index (χ4n) is 3.08. The van der Waals surface area contributed by atoms with E-state index in [9.17, 15) is 4.79 Å². The van der Waals surface area contributed by atoms with Gasteiger partial charge in [0.15, 0.2) is 5.78 Å². The van der Waals surface area contributed by atoms with Crippen molar-refractivity contribution in [1.82, 2.24) is 4.90 Å². The normalized spacial score (nSPS) is 20.0. The number of halogens is 1. The summed E-state index contributed by atoms with van der Waals surface area (Å²) in [5.74, 6) is 0.248. The van der Waals surface area contributed by atoms with Crippen LogP contribution < -0.4 is 0 Å². The summed E-state index contributed by atoms with van der Waals surface area (Å²) in [6, 6.07) is 8.42. The third kappa shape index (κ3) is 4.16. The second-order valence-electron chi connectivity index (χ2n) is 5.63. The molecule has 0 N–H and O–H groups in total. The lowest BCUT2D eigenvalue weighted by Crippen LogP contribution is -2.40. The van der Waals surface area contributed by atoms with Crippen molar-refractivity contribution < 1.29 is 4.79 Å². The number of piperidine rings is 1. The van der Waals surface area contributed by atoms with Crippen LogP contribution in [-0.2, 0) is 0 Å². The first-order valence-corrected chi connectivity index (χ1v) is 8.53. The molecule has 3 heteroatoms. The van der Waals surface area contributed by atoms with Crippen LogP contribution in [0.3, 0.4) is 0 Å². The molecule has 1 fully saturated rings. The molecule has 1 heterocycles. The van der Waals surface area contributed by atoms with E-state index in [0.717, 1.165) is 23.1 Å². The van der Waals surface area contributed by atoms with Crippen molar-refractivity contribution in [3.05, 3.63) is 34.3 Å². The molecule has 0 amide bonds. The Morgan fingerprint density at radius 3 is 2.90 bits per heavy atom. The van der Waals surface area contributed by atoms with Crippen molar-refractivity contribution in [3.63, 3.8) is 0 Å². The third-order valence-electron chi connectivity index (χ3n) is 4.17. The van der Waals surface area contributed by atoms with Crippen molar-refractivity contribution in [1.29, 1.82) is 0 Å². The largest absolute Gasteiger partial charge is 0.300 e. The minimum absolute atomic E-state index is 0.248. The Hall–Kier alpha value is -0.670. The molecule has 0 spiro atoms. The number of likely N-dealkylation sites (tertiary alicyclic amines) is 1. The molecule has 1 aromatic rings. The van der Waals surface area contributed by atoms with Gasteiger partial charge >= 0.3 is 0 Å². The fourth-order valence-corrected chi connectivity index (χ4v) is 3.59. The number of hydrogen-bond donors (Lipinski definition) is 0. The number of carbonyl (C=O) groups excluding carboxylic acids is 1. The Bertz CT molecular complexity index is 444. The smallest absolute Gasteiger partial charge is 0.165 e. The molecule has 1 aromatic carbocycles. The lowest BCUT2D eigenvalue weighted by Gasteiger charge is -2.35. The van der Waals surface area contributed by atoms with Gasteiger partial charge in [0.25, 0.3) is 0 Å². The zero-order valence-corrected chi connectivity index (χ0v) is 13.9. The van der Waals surface area contributed by atoms with Gasteiger partial charge in [-0.15, -0.1) is 0 Å². The van der Waals surface area contributed by atoms with Gasteiger partial charge in [-0.3, -0.25) is 9.69 Å². The highest BCUT2D eigenvalue weighted by Crippen LogP contribution is 2.22. The molecule has 0 saturated carbocycles. The van der Waals surface area contributed by atoms with E-state index in [4.69, 9.17) is 0 Å². The quantitative estimate of drug-likeness (QED) is 0.702. The Morgan fingerprint density at radius 1 is 1.35 bits per heavy atom. The summed E-state index contributed by atoms with van der Waals surface area (Å²) in [6.45, 7) is 4.32. The summed E-state index contributed by atoms with van der Waals surface area (Å²) >= 11 is 3.47. The predicted octanol–water partition coefficient (Wildman–Crippen LogP) is 4.68. The van der Waals surface area contributed by atoms with Crippen LogP contribution in [-0.4, -0.2) is 29.8 Å². The summed E-state index contributed by atoms with van der Waals surface area (Å²) in [6.07, 6.45) is 7.06. The Morgan fingerprint density at radius 2 is 2.15 bits per heavy atom. The summed E-state index contributed by atoms with van der Waals surface area (Å²) in [5, 5.41) is 0. The van der Waals surface area contributed by atoms with Crippen LogP contribution in [0.15, 0.2) is 28.7 Å². The lowest BCUT2D eigenvalue weighted by atomic mass is 9.97.